The zero-order chi connectivity index (χ0) is 12.3. The second-order valence-electron chi connectivity index (χ2n) is 5.34. The molecular formula is C13H23BrN2O. The van der Waals surface area contributed by atoms with Crippen LogP contribution in [0.25, 0.3) is 0 Å². The molecule has 4 heteroatoms. The van der Waals surface area contributed by atoms with Crippen LogP contribution in [0.1, 0.15) is 26.2 Å². The molecule has 98 valence electrons. The van der Waals surface area contributed by atoms with E-state index in [1.54, 1.807) is 0 Å². The van der Waals surface area contributed by atoms with E-state index in [-0.39, 0.29) is 5.92 Å². The van der Waals surface area contributed by atoms with E-state index in [1.807, 2.05) is 0 Å². The van der Waals surface area contributed by atoms with E-state index in [4.69, 9.17) is 0 Å². The summed E-state index contributed by atoms with van der Waals surface area (Å²) in [6.07, 6.45) is 3.64. The van der Waals surface area contributed by atoms with E-state index in [2.05, 4.69) is 32.7 Å². The van der Waals surface area contributed by atoms with Crippen LogP contribution in [0.5, 0.6) is 0 Å². The van der Waals surface area contributed by atoms with E-state index in [0.717, 1.165) is 44.5 Å². The summed E-state index contributed by atoms with van der Waals surface area (Å²) in [7, 11) is 0. The summed E-state index contributed by atoms with van der Waals surface area (Å²) in [5.41, 5.74) is 0. The van der Waals surface area contributed by atoms with Crippen molar-refractivity contribution in [2.24, 2.45) is 11.8 Å². The molecule has 1 aliphatic carbocycles. The largest absolute Gasteiger partial charge is 0.341 e. The maximum absolute atomic E-state index is 12.3. The van der Waals surface area contributed by atoms with Gasteiger partial charge in [-0.05, 0) is 31.7 Å². The van der Waals surface area contributed by atoms with Gasteiger partial charge in [0.25, 0.3) is 0 Å². The fraction of sp³-hybridized carbons (Fsp3) is 0.923. The van der Waals surface area contributed by atoms with Crippen molar-refractivity contribution in [3.05, 3.63) is 0 Å². The smallest absolute Gasteiger partial charge is 0.225 e. The lowest BCUT2D eigenvalue weighted by molar-refractivity contribution is -0.135. The lowest BCUT2D eigenvalue weighted by Gasteiger charge is -2.24. The fourth-order valence-corrected chi connectivity index (χ4v) is 3.12. The van der Waals surface area contributed by atoms with Gasteiger partial charge in [-0.25, -0.2) is 0 Å². The van der Waals surface area contributed by atoms with Gasteiger partial charge in [0.15, 0.2) is 0 Å². The first-order valence-electron chi connectivity index (χ1n) is 6.79. The third-order valence-electron chi connectivity index (χ3n) is 4.02. The van der Waals surface area contributed by atoms with Crippen LogP contribution in [0.4, 0.5) is 0 Å². The van der Waals surface area contributed by atoms with Crippen molar-refractivity contribution in [3.8, 4) is 0 Å². The molecule has 0 radical (unpaired) electrons. The highest BCUT2D eigenvalue weighted by molar-refractivity contribution is 9.09. The molecule has 2 rings (SSSR count). The molecule has 0 bridgehead atoms. The van der Waals surface area contributed by atoms with Crippen LogP contribution in [-0.2, 0) is 4.79 Å². The molecule has 3 nitrogen and oxygen atoms in total. The van der Waals surface area contributed by atoms with Gasteiger partial charge in [-0.3, -0.25) is 4.79 Å². The number of carbonyl (C=O) groups excluding carboxylic acids is 1. The number of halogens is 1. The van der Waals surface area contributed by atoms with Crippen LogP contribution >= 0.6 is 15.9 Å². The molecule has 1 amide bonds. The van der Waals surface area contributed by atoms with Crippen molar-refractivity contribution in [3.63, 3.8) is 0 Å². The quantitative estimate of drug-likeness (QED) is 0.741. The summed E-state index contributed by atoms with van der Waals surface area (Å²) < 4.78 is 0. The summed E-state index contributed by atoms with van der Waals surface area (Å²) >= 11 is 3.48. The molecule has 17 heavy (non-hydrogen) atoms. The van der Waals surface area contributed by atoms with Gasteiger partial charge in [-0.1, -0.05) is 22.9 Å². The fourth-order valence-electron chi connectivity index (χ4n) is 2.62. The molecule has 1 saturated heterocycles. The topological polar surface area (TPSA) is 23.6 Å². The Morgan fingerprint density at radius 3 is 2.71 bits per heavy atom. The molecule has 1 saturated carbocycles. The molecule has 0 spiro atoms. The SMILES string of the molecule is CC(C(=O)N1CCCN(CCBr)CC1)C1CC1. The van der Waals surface area contributed by atoms with Crippen molar-refractivity contribution in [2.75, 3.05) is 38.1 Å². The molecule has 1 atom stereocenters. The van der Waals surface area contributed by atoms with Crippen LogP contribution in [0, 0.1) is 11.8 Å². The van der Waals surface area contributed by atoms with E-state index in [0.29, 0.717) is 11.8 Å². The number of nitrogens with zero attached hydrogens (tertiary/aromatic N) is 2. The van der Waals surface area contributed by atoms with Gasteiger partial charge in [0.05, 0.1) is 0 Å². The molecule has 0 N–H and O–H groups in total. The predicted molar refractivity (Wildman–Crippen MR) is 73.3 cm³/mol. The van der Waals surface area contributed by atoms with Crippen molar-refractivity contribution in [2.45, 2.75) is 26.2 Å². The van der Waals surface area contributed by atoms with Gasteiger partial charge < -0.3 is 9.80 Å². The average molecular weight is 303 g/mol. The van der Waals surface area contributed by atoms with Gasteiger partial charge >= 0.3 is 0 Å². The average Bonchev–Trinajstić information content (AvgIpc) is 3.15. The third-order valence-corrected chi connectivity index (χ3v) is 4.37. The van der Waals surface area contributed by atoms with Crippen LogP contribution in [0.2, 0.25) is 0 Å². The number of rotatable bonds is 4. The molecule has 0 aromatic heterocycles. The Hall–Kier alpha value is -0.0900. The summed E-state index contributed by atoms with van der Waals surface area (Å²) in [5, 5.41) is 1.03. The minimum absolute atomic E-state index is 0.262. The van der Waals surface area contributed by atoms with Gasteiger partial charge in [0.2, 0.25) is 5.91 Å². The van der Waals surface area contributed by atoms with Crippen molar-refractivity contribution in [1.29, 1.82) is 0 Å². The number of amides is 1. The van der Waals surface area contributed by atoms with E-state index in [1.165, 1.54) is 12.8 Å². The zero-order valence-corrected chi connectivity index (χ0v) is 12.3. The molecule has 1 heterocycles. The van der Waals surface area contributed by atoms with Crippen molar-refractivity contribution < 1.29 is 4.79 Å². The van der Waals surface area contributed by atoms with Gasteiger partial charge in [-0.2, -0.15) is 0 Å². The monoisotopic (exact) mass is 302 g/mol. The summed E-state index contributed by atoms with van der Waals surface area (Å²) in [6, 6.07) is 0. The van der Waals surface area contributed by atoms with Crippen molar-refractivity contribution in [1.82, 2.24) is 9.80 Å². The Morgan fingerprint density at radius 2 is 2.06 bits per heavy atom. The van der Waals surface area contributed by atoms with Gasteiger partial charge in [0, 0.05) is 37.4 Å². The van der Waals surface area contributed by atoms with E-state index < -0.39 is 0 Å². The zero-order valence-electron chi connectivity index (χ0n) is 10.7. The second-order valence-corrected chi connectivity index (χ2v) is 6.13. The highest BCUT2D eigenvalue weighted by Crippen LogP contribution is 2.37. The normalized spacial score (nSPS) is 24.5. The number of carbonyl (C=O) groups is 1. The number of alkyl halides is 1. The van der Waals surface area contributed by atoms with Crippen molar-refractivity contribution >= 4 is 21.8 Å². The van der Waals surface area contributed by atoms with Crippen LogP contribution in [0.15, 0.2) is 0 Å². The summed E-state index contributed by atoms with van der Waals surface area (Å²) in [5.74, 6) is 1.34. The summed E-state index contributed by atoms with van der Waals surface area (Å²) in [4.78, 5) is 16.8. The predicted octanol–water partition coefficient (Wildman–Crippen LogP) is 1.96. The summed E-state index contributed by atoms with van der Waals surface area (Å²) in [6.45, 7) is 7.25. The Kier molecular flexibility index (Phi) is 4.86. The van der Waals surface area contributed by atoms with Gasteiger partial charge in [0.1, 0.15) is 0 Å². The van der Waals surface area contributed by atoms with Gasteiger partial charge in [-0.15, -0.1) is 0 Å². The molecule has 1 aliphatic heterocycles. The second kappa shape index (κ2) is 6.19. The minimum atomic E-state index is 0.262. The Morgan fingerprint density at radius 1 is 1.29 bits per heavy atom. The Labute approximate surface area is 113 Å². The Bertz CT molecular complexity index is 268. The number of hydrogen-bond donors (Lipinski definition) is 0. The van der Waals surface area contributed by atoms with Crippen LogP contribution in [-0.4, -0.2) is 53.8 Å². The maximum Gasteiger partial charge on any atom is 0.225 e. The standard InChI is InChI=1S/C13H23BrN2O/c1-11(12-3-4-12)13(17)16-7-2-6-15(8-5-14)9-10-16/h11-12H,2-10H2,1H3. The first-order valence-corrected chi connectivity index (χ1v) is 7.91. The lowest BCUT2D eigenvalue weighted by atomic mass is 10.0. The highest BCUT2D eigenvalue weighted by Gasteiger charge is 2.35. The molecule has 0 aromatic rings. The molecule has 2 fully saturated rings. The molecule has 2 aliphatic rings. The van der Waals surface area contributed by atoms with E-state index in [9.17, 15) is 4.79 Å². The maximum atomic E-state index is 12.3. The Balaban J connectivity index is 1.82. The lowest BCUT2D eigenvalue weighted by Crippen LogP contribution is -2.39. The minimum Gasteiger partial charge on any atom is -0.341 e. The molecular weight excluding hydrogens is 280 g/mol. The van der Waals surface area contributed by atoms with Crippen LogP contribution < -0.4 is 0 Å². The molecule has 1 unspecified atom stereocenters. The van der Waals surface area contributed by atoms with Crippen LogP contribution in [0.3, 0.4) is 0 Å². The first-order chi connectivity index (χ1) is 8.22. The first kappa shape index (κ1) is 13.3. The molecule has 0 aromatic carbocycles. The van der Waals surface area contributed by atoms with E-state index >= 15 is 0 Å². The highest BCUT2D eigenvalue weighted by atomic mass is 79.9. The third kappa shape index (κ3) is 3.68. The number of hydrogen-bond acceptors (Lipinski definition) is 2.